The number of rotatable bonds is 11. The highest BCUT2D eigenvalue weighted by atomic mass is 16.5. The van der Waals surface area contributed by atoms with Gasteiger partial charge in [0.25, 0.3) is 5.91 Å². The summed E-state index contributed by atoms with van der Waals surface area (Å²) in [6.45, 7) is 1.28. The van der Waals surface area contributed by atoms with Gasteiger partial charge < -0.3 is 24.2 Å². The third-order valence-electron chi connectivity index (χ3n) is 4.78. The fourth-order valence-corrected chi connectivity index (χ4v) is 2.97. The van der Waals surface area contributed by atoms with Crippen LogP contribution in [0.5, 0.6) is 5.75 Å². The number of pyridine rings is 1. The van der Waals surface area contributed by atoms with Crippen LogP contribution < -0.4 is 10.1 Å². The fraction of sp³-hybridized carbons (Fsp3) is 0.304. The smallest absolute Gasteiger partial charge is 0.276 e. The summed E-state index contributed by atoms with van der Waals surface area (Å²) in [5, 5.41) is 6.75. The van der Waals surface area contributed by atoms with Gasteiger partial charge in [0.2, 0.25) is 5.91 Å². The first-order valence-corrected chi connectivity index (χ1v) is 10.2. The Kier molecular flexibility index (Phi) is 8.33. The maximum absolute atomic E-state index is 13.0. The Labute approximate surface area is 186 Å². The number of nitrogens with one attached hydrogen (secondary N) is 1. The molecule has 0 aliphatic rings. The summed E-state index contributed by atoms with van der Waals surface area (Å²) in [7, 11) is 3.15. The first kappa shape index (κ1) is 23.0. The first-order valence-electron chi connectivity index (χ1n) is 10.2. The van der Waals surface area contributed by atoms with Crippen LogP contribution in [-0.2, 0) is 16.1 Å². The van der Waals surface area contributed by atoms with E-state index in [1.807, 2.05) is 24.3 Å². The molecule has 168 valence electrons. The number of benzene rings is 1. The van der Waals surface area contributed by atoms with E-state index >= 15 is 0 Å². The SMILES string of the molecule is COCCN(CCC(=O)NCc1cccnc1)C(=O)c1cc(-c2ccc(OC)cc2)on1. The molecule has 2 aromatic heterocycles. The summed E-state index contributed by atoms with van der Waals surface area (Å²) in [5.74, 6) is 0.697. The lowest BCUT2D eigenvalue weighted by Gasteiger charge is -2.21. The van der Waals surface area contributed by atoms with Crippen molar-refractivity contribution in [1.82, 2.24) is 20.4 Å². The lowest BCUT2D eigenvalue weighted by atomic mass is 10.1. The molecular formula is C23H26N4O5. The zero-order chi connectivity index (χ0) is 22.8. The van der Waals surface area contributed by atoms with Gasteiger partial charge in [0.15, 0.2) is 11.5 Å². The summed E-state index contributed by atoms with van der Waals surface area (Å²) in [5.41, 5.74) is 1.85. The summed E-state index contributed by atoms with van der Waals surface area (Å²) in [6.07, 6.45) is 3.52. The lowest BCUT2D eigenvalue weighted by Crippen LogP contribution is -2.37. The van der Waals surface area contributed by atoms with Gasteiger partial charge in [-0.15, -0.1) is 0 Å². The third-order valence-corrected chi connectivity index (χ3v) is 4.78. The van der Waals surface area contributed by atoms with E-state index in [9.17, 15) is 9.59 Å². The van der Waals surface area contributed by atoms with E-state index in [1.54, 1.807) is 44.8 Å². The quantitative estimate of drug-likeness (QED) is 0.490. The van der Waals surface area contributed by atoms with Crippen LogP contribution in [-0.4, -0.2) is 60.8 Å². The Morgan fingerprint density at radius 1 is 1.12 bits per heavy atom. The van der Waals surface area contributed by atoms with Gasteiger partial charge in [-0.1, -0.05) is 11.2 Å². The molecule has 3 aromatic rings. The topological polar surface area (TPSA) is 107 Å². The van der Waals surface area contributed by atoms with Gasteiger partial charge in [-0.25, -0.2) is 0 Å². The molecular weight excluding hydrogens is 412 g/mol. The minimum absolute atomic E-state index is 0.152. The van der Waals surface area contributed by atoms with Crippen LogP contribution in [0.4, 0.5) is 0 Å². The molecule has 9 nitrogen and oxygen atoms in total. The maximum Gasteiger partial charge on any atom is 0.276 e. The van der Waals surface area contributed by atoms with Crippen molar-refractivity contribution in [3.63, 3.8) is 0 Å². The number of ether oxygens (including phenoxy) is 2. The summed E-state index contributed by atoms with van der Waals surface area (Å²) >= 11 is 0. The van der Waals surface area contributed by atoms with E-state index in [0.717, 1.165) is 16.9 Å². The van der Waals surface area contributed by atoms with Crippen LogP contribution in [0.25, 0.3) is 11.3 Å². The van der Waals surface area contributed by atoms with Crippen molar-refractivity contribution in [2.75, 3.05) is 33.9 Å². The zero-order valence-electron chi connectivity index (χ0n) is 18.1. The van der Waals surface area contributed by atoms with Crippen LogP contribution >= 0.6 is 0 Å². The van der Waals surface area contributed by atoms with Gasteiger partial charge in [0.1, 0.15) is 5.75 Å². The first-order chi connectivity index (χ1) is 15.6. The minimum Gasteiger partial charge on any atom is -0.497 e. The second-order valence-corrected chi connectivity index (χ2v) is 6.98. The average molecular weight is 438 g/mol. The molecule has 0 saturated carbocycles. The lowest BCUT2D eigenvalue weighted by molar-refractivity contribution is -0.121. The zero-order valence-corrected chi connectivity index (χ0v) is 18.1. The number of carbonyl (C=O) groups excluding carboxylic acids is 2. The van der Waals surface area contributed by atoms with Gasteiger partial charge in [0, 0.05) is 57.2 Å². The van der Waals surface area contributed by atoms with Crippen molar-refractivity contribution in [2.24, 2.45) is 0 Å². The highest BCUT2D eigenvalue weighted by molar-refractivity contribution is 5.93. The molecule has 0 unspecified atom stereocenters. The third kappa shape index (κ3) is 6.39. The highest BCUT2D eigenvalue weighted by Gasteiger charge is 2.21. The van der Waals surface area contributed by atoms with E-state index in [2.05, 4.69) is 15.5 Å². The number of aromatic nitrogens is 2. The number of hydrogen-bond acceptors (Lipinski definition) is 7. The molecule has 1 N–H and O–H groups in total. The van der Waals surface area contributed by atoms with E-state index in [4.69, 9.17) is 14.0 Å². The monoisotopic (exact) mass is 438 g/mol. The molecule has 0 aliphatic carbocycles. The van der Waals surface area contributed by atoms with E-state index < -0.39 is 0 Å². The number of carbonyl (C=O) groups is 2. The van der Waals surface area contributed by atoms with Crippen molar-refractivity contribution in [3.05, 3.63) is 66.1 Å². The molecule has 0 spiro atoms. The van der Waals surface area contributed by atoms with E-state index in [1.165, 1.54) is 4.90 Å². The van der Waals surface area contributed by atoms with Crippen molar-refractivity contribution < 1.29 is 23.6 Å². The molecule has 0 saturated heterocycles. The summed E-state index contributed by atoms with van der Waals surface area (Å²) in [6, 6.07) is 12.5. The van der Waals surface area contributed by atoms with Crippen LogP contribution in [0.3, 0.4) is 0 Å². The average Bonchev–Trinajstić information content (AvgIpc) is 3.33. The highest BCUT2D eigenvalue weighted by Crippen LogP contribution is 2.23. The molecule has 0 aliphatic heterocycles. The van der Waals surface area contributed by atoms with Gasteiger partial charge in [-0.3, -0.25) is 14.6 Å². The Hall–Kier alpha value is -3.72. The summed E-state index contributed by atoms with van der Waals surface area (Å²) in [4.78, 5) is 30.8. The van der Waals surface area contributed by atoms with Crippen LogP contribution in [0, 0.1) is 0 Å². The second-order valence-electron chi connectivity index (χ2n) is 6.98. The van der Waals surface area contributed by atoms with Crippen molar-refractivity contribution in [2.45, 2.75) is 13.0 Å². The molecule has 0 radical (unpaired) electrons. The van der Waals surface area contributed by atoms with Crippen LogP contribution in [0.1, 0.15) is 22.5 Å². The normalized spacial score (nSPS) is 10.6. The van der Waals surface area contributed by atoms with Crippen LogP contribution in [0.15, 0.2) is 59.4 Å². The van der Waals surface area contributed by atoms with Gasteiger partial charge in [0.05, 0.1) is 13.7 Å². The Bertz CT molecular complexity index is 1000. The fourth-order valence-electron chi connectivity index (χ4n) is 2.97. The molecule has 2 amide bonds. The Morgan fingerprint density at radius 3 is 2.62 bits per heavy atom. The molecule has 9 heteroatoms. The number of hydrogen-bond donors (Lipinski definition) is 1. The molecule has 32 heavy (non-hydrogen) atoms. The van der Waals surface area contributed by atoms with Crippen molar-refractivity contribution >= 4 is 11.8 Å². The number of amides is 2. The summed E-state index contributed by atoms with van der Waals surface area (Å²) < 4.78 is 15.6. The number of nitrogens with zero attached hydrogens (tertiary/aromatic N) is 3. The van der Waals surface area contributed by atoms with Crippen molar-refractivity contribution in [3.8, 4) is 17.1 Å². The van der Waals surface area contributed by atoms with E-state index in [-0.39, 0.29) is 30.5 Å². The van der Waals surface area contributed by atoms with Gasteiger partial charge in [-0.2, -0.15) is 0 Å². The molecule has 0 atom stereocenters. The van der Waals surface area contributed by atoms with E-state index in [0.29, 0.717) is 25.5 Å². The standard InChI is InChI=1S/C23H26N4O5/c1-30-13-12-27(11-9-22(28)25-16-17-4-3-10-24-15-17)23(29)20-14-21(32-26-20)18-5-7-19(31-2)8-6-18/h3-8,10,14-15H,9,11-13,16H2,1-2H3,(H,25,28). The predicted molar refractivity (Wildman–Crippen MR) is 117 cm³/mol. The van der Waals surface area contributed by atoms with Crippen LogP contribution in [0.2, 0.25) is 0 Å². The predicted octanol–water partition coefficient (Wildman–Crippen LogP) is 2.54. The van der Waals surface area contributed by atoms with Gasteiger partial charge in [-0.05, 0) is 35.9 Å². The van der Waals surface area contributed by atoms with Crippen molar-refractivity contribution in [1.29, 1.82) is 0 Å². The molecule has 0 fully saturated rings. The maximum atomic E-state index is 13.0. The molecule has 2 heterocycles. The molecule has 0 bridgehead atoms. The largest absolute Gasteiger partial charge is 0.497 e. The number of methoxy groups -OCH3 is 2. The van der Waals surface area contributed by atoms with Gasteiger partial charge >= 0.3 is 0 Å². The molecule has 3 rings (SSSR count). The Morgan fingerprint density at radius 2 is 1.94 bits per heavy atom. The minimum atomic E-state index is -0.328. The molecule has 1 aromatic carbocycles. The Balaban J connectivity index is 1.60. The second kappa shape index (κ2) is 11.6.